The number of aromatic nitrogens is 1. The molecule has 0 saturated carbocycles. The fourth-order valence-corrected chi connectivity index (χ4v) is 3.91. The molecule has 4 nitrogen and oxygen atoms in total. The third-order valence-corrected chi connectivity index (χ3v) is 5.26. The first-order valence-corrected chi connectivity index (χ1v) is 8.86. The van der Waals surface area contributed by atoms with Crippen LogP contribution in [0.5, 0.6) is 5.75 Å². The summed E-state index contributed by atoms with van der Waals surface area (Å²) in [6, 6.07) is 10.9. The minimum absolute atomic E-state index is 0.159. The molecular formula is C18H15NO3S2. The summed E-state index contributed by atoms with van der Waals surface area (Å²) in [6.07, 6.45) is 3.29. The number of thiazole rings is 1. The molecule has 1 aromatic carbocycles. The van der Waals surface area contributed by atoms with Gasteiger partial charge in [0.2, 0.25) is 0 Å². The van der Waals surface area contributed by atoms with E-state index in [9.17, 15) is 9.59 Å². The Morgan fingerprint density at radius 2 is 1.88 bits per heavy atom. The number of methoxy groups -OCH3 is 1. The number of rotatable bonds is 4. The Bertz CT molecular complexity index is 1040. The lowest BCUT2D eigenvalue weighted by molar-refractivity contribution is 0.106. The number of aromatic amines is 1. The van der Waals surface area contributed by atoms with Crippen LogP contribution in [0.1, 0.15) is 20.1 Å². The molecule has 0 aliphatic heterocycles. The lowest BCUT2D eigenvalue weighted by Gasteiger charge is -1.99. The molecule has 3 aromatic rings. The van der Waals surface area contributed by atoms with Crippen LogP contribution in [0.3, 0.4) is 0 Å². The van der Waals surface area contributed by atoms with E-state index < -0.39 is 0 Å². The quantitative estimate of drug-likeness (QED) is 0.729. The number of carbonyl (C=O) groups excluding carboxylic acids is 1. The molecule has 0 bridgehead atoms. The van der Waals surface area contributed by atoms with Gasteiger partial charge in [-0.3, -0.25) is 9.59 Å². The van der Waals surface area contributed by atoms with Crippen LogP contribution in [0.25, 0.3) is 12.2 Å². The van der Waals surface area contributed by atoms with Gasteiger partial charge in [-0.25, -0.2) is 0 Å². The van der Waals surface area contributed by atoms with Crippen LogP contribution in [0, 0.1) is 6.92 Å². The Balaban J connectivity index is 1.93. The lowest BCUT2D eigenvalue weighted by Crippen LogP contribution is -2.19. The van der Waals surface area contributed by atoms with Crippen molar-refractivity contribution in [2.75, 3.05) is 7.11 Å². The van der Waals surface area contributed by atoms with E-state index in [1.54, 1.807) is 42.7 Å². The van der Waals surface area contributed by atoms with Crippen LogP contribution < -0.4 is 19.5 Å². The molecule has 24 heavy (non-hydrogen) atoms. The average molecular weight is 357 g/mol. The summed E-state index contributed by atoms with van der Waals surface area (Å²) in [6.45, 7) is 2.02. The van der Waals surface area contributed by atoms with E-state index in [2.05, 4.69) is 4.98 Å². The molecule has 0 aliphatic carbocycles. The Hall–Kier alpha value is -2.44. The number of hydrogen-bond donors (Lipinski definition) is 1. The van der Waals surface area contributed by atoms with Crippen molar-refractivity contribution in [1.82, 2.24) is 4.98 Å². The molecule has 0 saturated heterocycles. The molecular weight excluding hydrogens is 342 g/mol. The van der Waals surface area contributed by atoms with E-state index in [4.69, 9.17) is 4.74 Å². The van der Waals surface area contributed by atoms with Gasteiger partial charge in [0.1, 0.15) is 5.75 Å². The second kappa shape index (κ2) is 6.98. The van der Waals surface area contributed by atoms with Gasteiger partial charge in [-0.2, -0.15) is 0 Å². The number of carbonyl (C=O) groups is 1. The second-order valence-electron chi connectivity index (χ2n) is 5.11. The van der Waals surface area contributed by atoms with Gasteiger partial charge >= 0.3 is 0 Å². The first-order valence-electron chi connectivity index (χ1n) is 7.22. The number of H-pyrrole nitrogens is 1. The van der Waals surface area contributed by atoms with E-state index in [0.29, 0.717) is 20.5 Å². The molecule has 0 aliphatic rings. The van der Waals surface area contributed by atoms with Gasteiger partial charge < -0.3 is 9.72 Å². The van der Waals surface area contributed by atoms with Crippen molar-refractivity contribution >= 4 is 40.6 Å². The number of ether oxygens (including phenoxy) is 1. The van der Waals surface area contributed by atoms with Crippen molar-refractivity contribution in [1.29, 1.82) is 0 Å². The van der Waals surface area contributed by atoms with Gasteiger partial charge in [0.05, 0.1) is 16.3 Å². The first kappa shape index (κ1) is 16.4. The largest absolute Gasteiger partial charge is 0.497 e. The Morgan fingerprint density at radius 3 is 2.50 bits per heavy atom. The normalized spacial score (nSPS) is 12.6. The number of aryl methyl sites for hydroxylation is 1. The van der Waals surface area contributed by atoms with Gasteiger partial charge in [-0.05, 0) is 49.4 Å². The molecule has 2 heterocycles. The fraction of sp³-hybridized carbons (Fsp3) is 0.111. The minimum atomic E-state index is -0.181. The van der Waals surface area contributed by atoms with Gasteiger partial charge in [-0.15, -0.1) is 22.7 Å². The van der Waals surface area contributed by atoms with Gasteiger partial charge in [0.15, 0.2) is 5.78 Å². The maximum Gasteiger partial charge on any atom is 0.266 e. The van der Waals surface area contributed by atoms with Crippen molar-refractivity contribution < 1.29 is 9.53 Å². The minimum Gasteiger partial charge on any atom is -0.497 e. The highest BCUT2D eigenvalue weighted by Gasteiger charge is 2.04. The molecule has 0 radical (unpaired) electrons. The van der Waals surface area contributed by atoms with Crippen molar-refractivity contribution in [3.05, 3.63) is 71.3 Å². The lowest BCUT2D eigenvalue weighted by atomic mass is 10.1. The SMILES string of the molecule is COc1ccc(C(=O)C=c2[nH]c(=O)c(=Cc3ccc(C)s3)s2)cc1. The Morgan fingerprint density at radius 1 is 1.12 bits per heavy atom. The molecule has 0 spiro atoms. The third-order valence-electron chi connectivity index (χ3n) is 3.35. The molecule has 1 N–H and O–H groups in total. The molecule has 0 amide bonds. The summed E-state index contributed by atoms with van der Waals surface area (Å²) in [4.78, 5) is 29.3. The summed E-state index contributed by atoms with van der Waals surface area (Å²) >= 11 is 2.90. The van der Waals surface area contributed by atoms with E-state index in [1.165, 1.54) is 22.3 Å². The van der Waals surface area contributed by atoms with Crippen LogP contribution in [-0.4, -0.2) is 17.9 Å². The van der Waals surface area contributed by atoms with Gasteiger partial charge in [0.25, 0.3) is 5.56 Å². The van der Waals surface area contributed by atoms with Crippen LogP contribution >= 0.6 is 22.7 Å². The monoisotopic (exact) mass is 357 g/mol. The molecule has 0 unspecified atom stereocenters. The molecule has 6 heteroatoms. The van der Waals surface area contributed by atoms with Crippen molar-refractivity contribution in [2.45, 2.75) is 6.92 Å². The molecule has 2 aromatic heterocycles. The zero-order chi connectivity index (χ0) is 17.1. The van der Waals surface area contributed by atoms with Gasteiger partial charge in [-0.1, -0.05) is 0 Å². The summed E-state index contributed by atoms with van der Waals surface area (Å²) in [5.41, 5.74) is 0.365. The van der Waals surface area contributed by atoms with E-state index in [1.807, 2.05) is 25.1 Å². The predicted molar refractivity (Wildman–Crippen MR) is 98.6 cm³/mol. The number of nitrogens with one attached hydrogen (secondary N) is 1. The fourth-order valence-electron chi connectivity index (χ4n) is 2.14. The van der Waals surface area contributed by atoms with Crippen LogP contribution in [0.2, 0.25) is 0 Å². The number of hydrogen-bond acceptors (Lipinski definition) is 5. The highest BCUT2D eigenvalue weighted by Crippen LogP contribution is 2.15. The Kier molecular flexibility index (Phi) is 4.78. The van der Waals surface area contributed by atoms with Crippen molar-refractivity contribution in [3.63, 3.8) is 0 Å². The zero-order valence-corrected chi connectivity index (χ0v) is 14.8. The molecule has 0 atom stereocenters. The van der Waals surface area contributed by atoms with Crippen LogP contribution in [0.4, 0.5) is 0 Å². The highest BCUT2D eigenvalue weighted by atomic mass is 32.1. The van der Waals surface area contributed by atoms with E-state index >= 15 is 0 Å². The number of benzene rings is 1. The molecule has 122 valence electrons. The summed E-state index contributed by atoms with van der Waals surface area (Å²) < 4.78 is 6.20. The molecule has 0 fully saturated rings. The van der Waals surface area contributed by atoms with E-state index in [0.717, 1.165) is 4.88 Å². The summed E-state index contributed by atoms with van der Waals surface area (Å²) in [5.74, 6) is 0.535. The summed E-state index contributed by atoms with van der Waals surface area (Å²) in [7, 11) is 1.58. The zero-order valence-electron chi connectivity index (χ0n) is 13.2. The Labute approximate surface area is 146 Å². The standard InChI is InChI=1S/C18H15NO3S2/c1-11-3-8-14(23-11)9-16-18(21)19-17(24-16)10-15(20)12-4-6-13(22-2)7-5-12/h3-10H,1-2H3,(H,19,21). The summed E-state index contributed by atoms with van der Waals surface area (Å²) in [5, 5.41) is 0. The average Bonchev–Trinajstić information content (AvgIpc) is 3.13. The predicted octanol–water partition coefficient (Wildman–Crippen LogP) is 2.31. The third kappa shape index (κ3) is 3.72. The van der Waals surface area contributed by atoms with E-state index in [-0.39, 0.29) is 11.3 Å². The number of Topliss-reactive ketones (excluding diaryl/α,β-unsaturated/α-hetero) is 1. The van der Waals surface area contributed by atoms with Gasteiger partial charge in [0, 0.05) is 21.4 Å². The topological polar surface area (TPSA) is 59.2 Å². The highest BCUT2D eigenvalue weighted by molar-refractivity contribution is 7.13. The number of thiophene rings is 1. The maximum atomic E-state index is 12.3. The first-order chi connectivity index (χ1) is 11.5. The molecule has 3 rings (SSSR count). The van der Waals surface area contributed by atoms with Crippen molar-refractivity contribution in [3.8, 4) is 5.75 Å². The number of ketones is 1. The van der Waals surface area contributed by atoms with Crippen LogP contribution in [0.15, 0.2) is 41.2 Å². The van der Waals surface area contributed by atoms with Crippen molar-refractivity contribution in [2.24, 2.45) is 0 Å². The van der Waals surface area contributed by atoms with Crippen LogP contribution in [-0.2, 0) is 0 Å². The smallest absolute Gasteiger partial charge is 0.266 e. The second-order valence-corrected chi connectivity index (χ2v) is 7.52. The maximum absolute atomic E-state index is 12.3.